The molecule has 1 aromatic rings. The lowest BCUT2D eigenvalue weighted by molar-refractivity contribution is 0.318. The second-order valence-corrected chi connectivity index (χ2v) is 5.80. The molecule has 15 heavy (non-hydrogen) atoms. The van der Waals surface area contributed by atoms with Crippen LogP contribution in [-0.2, 0) is 12.8 Å². The van der Waals surface area contributed by atoms with Crippen LogP contribution in [0.3, 0.4) is 0 Å². The Bertz CT molecular complexity index is 321. The summed E-state index contributed by atoms with van der Waals surface area (Å²) >= 11 is 0. The van der Waals surface area contributed by atoms with Gasteiger partial charge in [-0.1, -0.05) is 39.8 Å². The van der Waals surface area contributed by atoms with E-state index in [1.165, 1.54) is 0 Å². The molecular weight excluding hydrogens is 188 g/mol. The molecule has 0 fully saturated rings. The summed E-state index contributed by atoms with van der Waals surface area (Å²) in [7, 11) is 0. The fourth-order valence-corrected chi connectivity index (χ4v) is 1.60. The zero-order valence-electron chi connectivity index (χ0n) is 10.4. The summed E-state index contributed by atoms with van der Waals surface area (Å²) in [6.07, 6.45) is 1.83. The number of hydrogen-bond donors (Lipinski definition) is 1. The zero-order valence-corrected chi connectivity index (χ0v) is 10.4. The van der Waals surface area contributed by atoms with E-state index in [1.54, 1.807) is 0 Å². The van der Waals surface area contributed by atoms with Crippen LogP contribution in [0, 0.1) is 11.3 Å². The normalized spacial score (nSPS) is 12.4. The Labute approximate surface area is 92.0 Å². The molecule has 0 saturated carbocycles. The molecule has 0 aliphatic heterocycles. The van der Waals surface area contributed by atoms with Crippen LogP contribution in [0.15, 0.2) is 4.52 Å². The Morgan fingerprint density at radius 3 is 2.40 bits per heavy atom. The maximum absolute atomic E-state index is 5.80. The summed E-state index contributed by atoms with van der Waals surface area (Å²) in [6.45, 7) is 10.9. The molecule has 1 rings (SSSR count). The smallest absolute Gasteiger partial charge is 0.170 e. The molecule has 0 spiro atoms. The molecule has 0 radical (unpaired) electrons. The molecule has 3 nitrogen and oxygen atoms in total. The van der Waals surface area contributed by atoms with Crippen molar-refractivity contribution in [2.45, 2.75) is 47.5 Å². The van der Waals surface area contributed by atoms with E-state index < -0.39 is 0 Å². The molecule has 0 amide bonds. The Hall–Kier alpha value is -0.990. The quantitative estimate of drug-likeness (QED) is 0.834. The predicted molar refractivity (Wildman–Crippen MR) is 62.6 cm³/mol. The molecule has 1 aromatic heterocycles. The number of nitrogens with two attached hydrogens (primary N) is 1. The van der Waals surface area contributed by atoms with Crippen molar-refractivity contribution in [2.24, 2.45) is 11.3 Å². The molecular formula is C12H22N2O. The Kier molecular flexibility index (Phi) is 3.42. The van der Waals surface area contributed by atoms with Gasteiger partial charge in [0.1, 0.15) is 5.76 Å². The summed E-state index contributed by atoms with van der Waals surface area (Å²) in [5.41, 5.74) is 7.11. The van der Waals surface area contributed by atoms with E-state index >= 15 is 0 Å². The first-order valence-corrected chi connectivity index (χ1v) is 5.52. The van der Waals surface area contributed by atoms with E-state index in [9.17, 15) is 0 Å². The number of nitrogen functional groups attached to an aromatic ring is 1. The number of rotatable bonds is 3. The topological polar surface area (TPSA) is 52.0 Å². The second-order valence-electron chi connectivity index (χ2n) is 5.80. The number of aromatic nitrogens is 1. The van der Waals surface area contributed by atoms with Crippen LogP contribution in [-0.4, -0.2) is 5.16 Å². The molecule has 0 aliphatic carbocycles. The molecule has 0 aliphatic rings. The molecule has 86 valence electrons. The monoisotopic (exact) mass is 210 g/mol. The largest absolute Gasteiger partial charge is 0.381 e. The van der Waals surface area contributed by atoms with Crippen LogP contribution >= 0.6 is 0 Å². The number of nitrogens with zero attached hydrogens (tertiary/aromatic N) is 1. The van der Waals surface area contributed by atoms with Crippen molar-refractivity contribution in [3.63, 3.8) is 0 Å². The summed E-state index contributed by atoms with van der Waals surface area (Å²) in [6, 6.07) is 0. The van der Waals surface area contributed by atoms with Gasteiger partial charge in [-0.15, -0.1) is 0 Å². The molecule has 2 N–H and O–H groups in total. The number of hydrogen-bond acceptors (Lipinski definition) is 3. The molecule has 1 heterocycles. The predicted octanol–water partition coefficient (Wildman–Crippen LogP) is 3.04. The fourth-order valence-electron chi connectivity index (χ4n) is 1.60. The Morgan fingerprint density at radius 2 is 1.93 bits per heavy atom. The van der Waals surface area contributed by atoms with E-state index in [1.807, 2.05) is 0 Å². The van der Waals surface area contributed by atoms with E-state index in [-0.39, 0.29) is 5.41 Å². The maximum Gasteiger partial charge on any atom is 0.170 e. The van der Waals surface area contributed by atoms with Crippen molar-refractivity contribution in [3.8, 4) is 0 Å². The average Bonchev–Trinajstić information content (AvgIpc) is 2.32. The van der Waals surface area contributed by atoms with Crippen LogP contribution in [0.5, 0.6) is 0 Å². The highest BCUT2D eigenvalue weighted by molar-refractivity contribution is 5.40. The highest BCUT2D eigenvalue weighted by Gasteiger charge is 2.20. The third-order valence-electron chi connectivity index (χ3n) is 2.20. The van der Waals surface area contributed by atoms with Crippen LogP contribution in [0.25, 0.3) is 0 Å². The molecule has 0 aromatic carbocycles. The maximum atomic E-state index is 5.80. The summed E-state index contributed by atoms with van der Waals surface area (Å²) < 4.78 is 5.30. The van der Waals surface area contributed by atoms with Gasteiger partial charge in [-0.25, -0.2) is 0 Å². The second kappa shape index (κ2) is 4.25. The lowest BCUT2D eigenvalue weighted by atomic mass is 9.88. The van der Waals surface area contributed by atoms with E-state index in [0.717, 1.165) is 24.2 Å². The van der Waals surface area contributed by atoms with Gasteiger partial charge in [0.15, 0.2) is 5.82 Å². The van der Waals surface area contributed by atoms with E-state index in [4.69, 9.17) is 10.3 Å². The first kappa shape index (κ1) is 12.1. The Morgan fingerprint density at radius 1 is 1.33 bits per heavy atom. The lowest BCUT2D eigenvalue weighted by Crippen LogP contribution is -2.11. The lowest BCUT2D eigenvalue weighted by Gasteiger charge is -2.16. The SMILES string of the molecule is CC(C)Cc1c(N)noc1CC(C)(C)C. The van der Waals surface area contributed by atoms with Gasteiger partial charge in [0, 0.05) is 12.0 Å². The minimum Gasteiger partial charge on any atom is -0.381 e. The minimum atomic E-state index is 0.206. The van der Waals surface area contributed by atoms with Gasteiger partial charge in [0.2, 0.25) is 0 Å². The molecule has 0 unspecified atom stereocenters. The summed E-state index contributed by atoms with van der Waals surface area (Å²) in [5, 5.41) is 3.86. The first-order valence-electron chi connectivity index (χ1n) is 5.52. The summed E-state index contributed by atoms with van der Waals surface area (Å²) in [4.78, 5) is 0. The molecule has 3 heteroatoms. The van der Waals surface area contributed by atoms with Gasteiger partial charge in [0.05, 0.1) is 0 Å². The van der Waals surface area contributed by atoms with Gasteiger partial charge < -0.3 is 10.3 Å². The van der Waals surface area contributed by atoms with Crippen LogP contribution < -0.4 is 5.73 Å². The van der Waals surface area contributed by atoms with Gasteiger partial charge in [-0.05, 0) is 17.8 Å². The van der Waals surface area contributed by atoms with Crippen LogP contribution in [0.2, 0.25) is 0 Å². The van der Waals surface area contributed by atoms with E-state index in [0.29, 0.717) is 11.7 Å². The van der Waals surface area contributed by atoms with Gasteiger partial charge in [0.25, 0.3) is 0 Å². The van der Waals surface area contributed by atoms with Crippen molar-refractivity contribution >= 4 is 5.82 Å². The third kappa shape index (κ3) is 3.57. The van der Waals surface area contributed by atoms with E-state index in [2.05, 4.69) is 39.8 Å². The molecule has 0 bridgehead atoms. The highest BCUT2D eigenvalue weighted by Crippen LogP contribution is 2.27. The Balaban J connectivity index is 2.88. The van der Waals surface area contributed by atoms with Gasteiger partial charge in [-0.3, -0.25) is 0 Å². The van der Waals surface area contributed by atoms with Crippen molar-refractivity contribution in [1.82, 2.24) is 5.16 Å². The van der Waals surface area contributed by atoms with Crippen LogP contribution in [0.4, 0.5) is 5.82 Å². The van der Waals surface area contributed by atoms with Gasteiger partial charge in [-0.2, -0.15) is 0 Å². The van der Waals surface area contributed by atoms with Crippen molar-refractivity contribution in [3.05, 3.63) is 11.3 Å². The summed E-state index contributed by atoms with van der Waals surface area (Å²) in [5.74, 6) is 2.09. The zero-order chi connectivity index (χ0) is 11.6. The van der Waals surface area contributed by atoms with Crippen LogP contribution in [0.1, 0.15) is 45.9 Å². The number of anilines is 1. The van der Waals surface area contributed by atoms with Gasteiger partial charge >= 0.3 is 0 Å². The molecule has 0 atom stereocenters. The van der Waals surface area contributed by atoms with Crippen molar-refractivity contribution in [1.29, 1.82) is 0 Å². The fraction of sp³-hybridized carbons (Fsp3) is 0.750. The minimum absolute atomic E-state index is 0.206. The van der Waals surface area contributed by atoms with Crippen molar-refractivity contribution in [2.75, 3.05) is 5.73 Å². The van der Waals surface area contributed by atoms with Crippen molar-refractivity contribution < 1.29 is 4.52 Å². The first-order chi connectivity index (χ1) is 6.79. The average molecular weight is 210 g/mol. The highest BCUT2D eigenvalue weighted by atomic mass is 16.5. The third-order valence-corrected chi connectivity index (χ3v) is 2.20. The standard InChI is InChI=1S/C12H22N2O/c1-8(2)6-9-10(7-12(3,4)5)15-14-11(9)13/h8H,6-7H2,1-5H3,(H2,13,14). The molecule has 0 saturated heterocycles.